The lowest BCUT2D eigenvalue weighted by Crippen LogP contribution is -2.55. The molecular weight excluding hydrogens is 576 g/mol. The van der Waals surface area contributed by atoms with E-state index in [1.54, 1.807) is 13.0 Å². The highest BCUT2D eigenvalue weighted by Crippen LogP contribution is 2.28. The summed E-state index contributed by atoms with van der Waals surface area (Å²) in [5.41, 5.74) is 5.44. The van der Waals surface area contributed by atoms with Gasteiger partial charge in [0.2, 0.25) is 11.8 Å². The fraction of sp³-hybridized carbons (Fsp3) is 0.432. The van der Waals surface area contributed by atoms with Crippen LogP contribution in [0.25, 0.3) is 22.5 Å². The maximum absolute atomic E-state index is 13.9. The number of carbonyl (C=O) groups is 3. The number of pyridine rings is 1. The lowest BCUT2D eigenvalue weighted by atomic mass is 9.93. The molecule has 6 rings (SSSR count). The number of nitrogens with zero attached hydrogens (tertiary/aromatic N) is 6. The molecule has 2 aromatic carbocycles. The topological polar surface area (TPSA) is 101 Å². The van der Waals surface area contributed by atoms with Gasteiger partial charge >= 0.3 is 0 Å². The number of piperazine rings is 1. The van der Waals surface area contributed by atoms with Gasteiger partial charge in [-0.2, -0.15) is 5.26 Å². The number of amides is 3. The predicted octanol–water partition coefficient (Wildman–Crippen LogP) is 4.60. The third-order valence-corrected chi connectivity index (χ3v) is 9.89. The molecule has 1 aromatic heterocycles. The number of piperidine rings is 2. The molecule has 3 aromatic rings. The lowest BCUT2D eigenvalue weighted by Gasteiger charge is -2.43. The van der Waals surface area contributed by atoms with Crippen molar-refractivity contribution in [3.8, 4) is 28.6 Å². The lowest BCUT2D eigenvalue weighted by molar-refractivity contribution is -0.141. The molecule has 46 heavy (non-hydrogen) atoms. The van der Waals surface area contributed by atoms with Crippen molar-refractivity contribution in [1.29, 1.82) is 5.26 Å². The Morgan fingerprint density at radius 1 is 0.739 bits per heavy atom. The van der Waals surface area contributed by atoms with E-state index in [0.717, 1.165) is 74.2 Å². The smallest absolute Gasteiger partial charge is 0.254 e. The fourth-order valence-corrected chi connectivity index (χ4v) is 7.05. The van der Waals surface area contributed by atoms with Gasteiger partial charge in [-0.25, -0.2) is 4.98 Å². The first kappa shape index (κ1) is 31.4. The van der Waals surface area contributed by atoms with Gasteiger partial charge in [-0.15, -0.1) is 0 Å². The highest BCUT2D eigenvalue weighted by Gasteiger charge is 2.34. The minimum absolute atomic E-state index is 0.00987. The molecule has 4 heterocycles. The molecule has 3 aliphatic heterocycles. The van der Waals surface area contributed by atoms with Crippen LogP contribution in [0.15, 0.2) is 60.7 Å². The van der Waals surface area contributed by atoms with Gasteiger partial charge in [-0.05, 0) is 56.9 Å². The molecule has 9 heteroatoms. The number of carbonyl (C=O) groups excluding carboxylic acids is 3. The van der Waals surface area contributed by atoms with Gasteiger partial charge in [-0.3, -0.25) is 19.3 Å². The normalized spacial score (nSPS) is 18.3. The molecule has 0 aliphatic carbocycles. The Bertz CT molecular complexity index is 1620. The Hall–Kier alpha value is -4.55. The van der Waals surface area contributed by atoms with E-state index in [2.05, 4.69) is 11.0 Å². The van der Waals surface area contributed by atoms with Gasteiger partial charge < -0.3 is 14.7 Å². The Labute approximate surface area is 271 Å². The minimum atomic E-state index is -0.00987. The van der Waals surface area contributed by atoms with E-state index in [4.69, 9.17) is 4.98 Å². The van der Waals surface area contributed by atoms with Crippen LogP contribution >= 0.6 is 0 Å². The van der Waals surface area contributed by atoms with E-state index in [1.165, 1.54) is 0 Å². The Morgan fingerprint density at radius 3 is 2.00 bits per heavy atom. The van der Waals surface area contributed by atoms with Crippen molar-refractivity contribution in [2.75, 3.05) is 52.4 Å². The molecule has 0 radical (unpaired) electrons. The van der Waals surface area contributed by atoms with E-state index in [0.29, 0.717) is 49.0 Å². The van der Waals surface area contributed by atoms with Crippen molar-refractivity contribution in [3.05, 3.63) is 77.4 Å². The van der Waals surface area contributed by atoms with Crippen molar-refractivity contribution in [2.24, 2.45) is 5.92 Å². The van der Waals surface area contributed by atoms with Gasteiger partial charge in [0.05, 0.1) is 23.0 Å². The second-order valence-electron chi connectivity index (χ2n) is 12.8. The summed E-state index contributed by atoms with van der Waals surface area (Å²) in [6.07, 6.45) is 3.40. The summed E-state index contributed by atoms with van der Waals surface area (Å²) in [6.45, 7) is 9.43. The number of hydrogen-bond donors (Lipinski definition) is 0. The quantitative estimate of drug-likeness (QED) is 0.414. The first-order chi connectivity index (χ1) is 22.3. The molecule has 9 nitrogen and oxygen atoms in total. The Morgan fingerprint density at radius 2 is 1.37 bits per heavy atom. The van der Waals surface area contributed by atoms with Crippen molar-refractivity contribution < 1.29 is 14.4 Å². The Kier molecular flexibility index (Phi) is 9.46. The molecule has 238 valence electrons. The van der Waals surface area contributed by atoms with Crippen LogP contribution in [-0.4, -0.2) is 101 Å². The van der Waals surface area contributed by atoms with Crippen LogP contribution < -0.4 is 0 Å². The van der Waals surface area contributed by atoms with Crippen LogP contribution in [-0.2, 0) is 9.59 Å². The van der Waals surface area contributed by atoms with E-state index in [1.807, 2.05) is 76.2 Å². The molecule has 0 unspecified atom stereocenters. The van der Waals surface area contributed by atoms with Gasteiger partial charge in [0.25, 0.3) is 5.91 Å². The molecule has 3 aliphatic rings. The molecule has 0 atom stereocenters. The van der Waals surface area contributed by atoms with Crippen LogP contribution in [0, 0.1) is 24.2 Å². The first-order valence-electron chi connectivity index (χ1n) is 16.5. The molecule has 3 saturated heterocycles. The number of rotatable bonds is 5. The van der Waals surface area contributed by atoms with Gasteiger partial charge in [0.1, 0.15) is 0 Å². The maximum atomic E-state index is 13.9. The molecule has 3 amide bonds. The summed E-state index contributed by atoms with van der Waals surface area (Å²) in [7, 11) is 0. The summed E-state index contributed by atoms with van der Waals surface area (Å²) in [5, 5.41) is 9.45. The monoisotopic (exact) mass is 618 g/mol. The number of likely N-dealkylation sites (tertiary alicyclic amines) is 2. The van der Waals surface area contributed by atoms with Crippen molar-refractivity contribution >= 4 is 17.7 Å². The van der Waals surface area contributed by atoms with E-state index in [9.17, 15) is 19.6 Å². The van der Waals surface area contributed by atoms with Crippen molar-refractivity contribution in [2.45, 2.75) is 45.6 Å². The van der Waals surface area contributed by atoms with Crippen LogP contribution in [0.1, 0.15) is 54.1 Å². The average molecular weight is 619 g/mol. The van der Waals surface area contributed by atoms with Crippen molar-refractivity contribution in [3.63, 3.8) is 0 Å². The molecule has 0 N–H and O–H groups in total. The second kappa shape index (κ2) is 13.8. The van der Waals surface area contributed by atoms with E-state index >= 15 is 0 Å². The van der Waals surface area contributed by atoms with Crippen LogP contribution in [0.3, 0.4) is 0 Å². The molecule has 3 fully saturated rings. The number of hydrogen-bond acceptors (Lipinski definition) is 6. The number of aryl methyl sites for hydroxylation is 1. The van der Waals surface area contributed by atoms with E-state index in [-0.39, 0.29) is 23.6 Å². The van der Waals surface area contributed by atoms with Crippen molar-refractivity contribution in [1.82, 2.24) is 24.6 Å². The Balaban J connectivity index is 1.08. The van der Waals surface area contributed by atoms with Crippen LogP contribution in [0.5, 0.6) is 0 Å². The van der Waals surface area contributed by atoms with Gasteiger partial charge in [-0.1, -0.05) is 42.0 Å². The molecule has 0 spiro atoms. The largest absolute Gasteiger partial charge is 0.343 e. The third kappa shape index (κ3) is 6.97. The summed E-state index contributed by atoms with van der Waals surface area (Å²) in [4.78, 5) is 51.9. The van der Waals surface area contributed by atoms with E-state index < -0.39 is 0 Å². The van der Waals surface area contributed by atoms with Crippen LogP contribution in [0.4, 0.5) is 0 Å². The SMILES string of the molecule is CC(=O)N1CCC(C(=O)N2CCC(N3CCN(C(=O)c4cc(-c5ccc(C)cc5)nc(-c5cccc(C#N)c5)c4)CC3)CC2)CC1. The standard InChI is InChI=1S/C37H42N6O3/c1-26-6-8-29(9-7-26)34-23-32(24-35(39-34)31-5-3-4-28(22-31)25-38)37(46)43-20-18-41(19-21-43)33-12-16-42(17-13-33)36(45)30-10-14-40(15-11-30)27(2)44/h3-9,22-24,30,33H,10-21H2,1-2H3. The third-order valence-electron chi connectivity index (χ3n) is 9.89. The number of aromatic nitrogens is 1. The zero-order chi connectivity index (χ0) is 32.2. The highest BCUT2D eigenvalue weighted by molar-refractivity contribution is 5.96. The summed E-state index contributed by atoms with van der Waals surface area (Å²) in [5.74, 6) is 0.355. The van der Waals surface area contributed by atoms with Gasteiger partial charge in [0.15, 0.2) is 0 Å². The molecular formula is C37H42N6O3. The first-order valence-corrected chi connectivity index (χ1v) is 16.5. The molecule has 0 saturated carbocycles. The predicted molar refractivity (Wildman–Crippen MR) is 177 cm³/mol. The molecule has 0 bridgehead atoms. The minimum Gasteiger partial charge on any atom is -0.343 e. The second-order valence-corrected chi connectivity index (χ2v) is 12.8. The number of nitriles is 1. The zero-order valence-electron chi connectivity index (χ0n) is 26.8. The van der Waals surface area contributed by atoms with Gasteiger partial charge in [0, 0.05) is 87.9 Å². The average Bonchev–Trinajstić information content (AvgIpc) is 3.11. The maximum Gasteiger partial charge on any atom is 0.254 e. The number of benzene rings is 2. The highest BCUT2D eigenvalue weighted by atomic mass is 16.2. The van der Waals surface area contributed by atoms with Crippen LogP contribution in [0.2, 0.25) is 0 Å². The summed E-state index contributed by atoms with van der Waals surface area (Å²) >= 11 is 0. The zero-order valence-corrected chi connectivity index (χ0v) is 26.8. The fourth-order valence-electron chi connectivity index (χ4n) is 7.05. The summed E-state index contributed by atoms with van der Waals surface area (Å²) < 4.78 is 0. The summed E-state index contributed by atoms with van der Waals surface area (Å²) in [6, 6.07) is 21.8.